The summed E-state index contributed by atoms with van der Waals surface area (Å²) in [6.45, 7) is -0.0789. The Bertz CT molecular complexity index is 692. The van der Waals surface area contributed by atoms with Crippen LogP contribution in [0.3, 0.4) is 0 Å². The highest BCUT2D eigenvalue weighted by atomic mass is 19.1. The van der Waals surface area contributed by atoms with Crippen molar-refractivity contribution >= 4 is 5.97 Å². The van der Waals surface area contributed by atoms with Crippen LogP contribution in [-0.4, -0.2) is 11.1 Å². The van der Waals surface area contributed by atoms with Crippen LogP contribution >= 0.6 is 0 Å². The second-order valence-electron chi connectivity index (χ2n) is 4.04. The first-order valence-corrected chi connectivity index (χ1v) is 5.75. The number of nitriles is 1. The number of benzene rings is 2. The van der Waals surface area contributed by atoms with Gasteiger partial charge in [0.15, 0.2) is 0 Å². The molecule has 0 radical (unpaired) electrons. The van der Waals surface area contributed by atoms with Gasteiger partial charge in [0.2, 0.25) is 0 Å². The van der Waals surface area contributed by atoms with Crippen LogP contribution < -0.4 is 4.74 Å². The van der Waals surface area contributed by atoms with Gasteiger partial charge in [0.25, 0.3) is 0 Å². The predicted molar refractivity (Wildman–Crippen MR) is 68.8 cm³/mol. The lowest BCUT2D eigenvalue weighted by Crippen LogP contribution is -2.01. The number of halogens is 1. The number of ether oxygens (including phenoxy) is 1. The van der Waals surface area contributed by atoms with Crippen LogP contribution in [0.4, 0.5) is 4.39 Å². The number of carboxylic acids is 1. The molecule has 100 valence electrons. The quantitative estimate of drug-likeness (QED) is 0.928. The Kier molecular flexibility index (Phi) is 3.96. The molecular weight excluding hydrogens is 261 g/mol. The van der Waals surface area contributed by atoms with Crippen molar-refractivity contribution in [3.63, 3.8) is 0 Å². The molecule has 20 heavy (non-hydrogen) atoms. The third-order valence-corrected chi connectivity index (χ3v) is 2.65. The molecule has 0 heterocycles. The first kappa shape index (κ1) is 13.6. The molecule has 1 N–H and O–H groups in total. The van der Waals surface area contributed by atoms with Gasteiger partial charge < -0.3 is 9.84 Å². The molecule has 4 nitrogen and oxygen atoms in total. The summed E-state index contributed by atoms with van der Waals surface area (Å²) < 4.78 is 18.9. The van der Waals surface area contributed by atoms with Gasteiger partial charge in [0, 0.05) is 5.56 Å². The molecule has 0 unspecified atom stereocenters. The van der Waals surface area contributed by atoms with Crippen molar-refractivity contribution in [2.45, 2.75) is 6.61 Å². The standard InChI is InChI=1S/C15H10FNO3/c16-14-5-4-10(8-17)6-12(14)9-20-13-3-1-2-11(7-13)15(18)19/h1-7H,9H2,(H,18,19). The van der Waals surface area contributed by atoms with Gasteiger partial charge in [-0.2, -0.15) is 5.26 Å². The van der Waals surface area contributed by atoms with E-state index >= 15 is 0 Å². The predicted octanol–water partition coefficient (Wildman–Crippen LogP) is 2.97. The zero-order chi connectivity index (χ0) is 14.5. The van der Waals surface area contributed by atoms with E-state index in [0.717, 1.165) is 0 Å². The summed E-state index contributed by atoms with van der Waals surface area (Å²) in [6.07, 6.45) is 0. The number of nitrogens with zero attached hydrogens (tertiary/aromatic N) is 1. The van der Waals surface area contributed by atoms with Gasteiger partial charge in [0.05, 0.1) is 17.2 Å². The Labute approximate surface area is 114 Å². The topological polar surface area (TPSA) is 70.3 Å². The summed E-state index contributed by atoms with van der Waals surface area (Å²) >= 11 is 0. The molecule has 0 aromatic heterocycles. The van der Waals surface area contributed by atoms with E-state index in [-0.39, 0.29) is 17.7 Å². The average molecular weight is 271 g/mol. The van der Waals surface area contributed by atoms with Crippen molar-refractivity contribution in [1.82, 2.24) is 0 Å². The molecule has 0 saturated heterocycles. The van der Waals surface area contributed by atoms with Crippen LogP contribution in [0, 0.1) is 17.1 Å². The van der Waals surface area contributed by atoms with Crippen molar-refractivity contribution in [2.75, 3.05) is 0 Å². The summed E-state index contributed by atoms with van der Waals surface area (Å²) in [6, 6.07) is 11.8. The molecule has 0 bridgehead atoms. The number of rotatable bonds is 4. The van der Waals surface area contributed by atoms with Gasteiger partial charge in [-0.1, -0.05) is 6.07 Å². The maximum absolute atomic E-state index is 13.5. The average Bonchev–Trinajstić information content (AvgIpc) is 2.46. The summed E-state index contributed by atoms with van der Waals surface area (Å²) in [7, 11) is 0. The van der Waals surface area contributed by atoms with Crippen molar-refractivity contribution in [3.05, 3.63) is 65.0 Å². The van der Waals surface area contributed by atoms with Gasteiger partial charge in [-0.15, -0.1) is 0 Å². The molecule has 5 heteroatoms. The lowest BCUT2D eigenvalue weighted by molar-refractivity contribution is 0.0696. The summed E-state index contributed by atoms with van der Waals surface area (Å²) in [5.41, 5.74) is 0.669. The monoisotopic (exact) mass is 271 g/mol. The Morgan fingerprint density at radius 3 is 2.80 bits per heavy atom. The highest BCUT2D eigenvalue weighted by molar-refractivity contribution is 5.87. The zero-order valence-corrected chi connectivity index (χ0v) is 10.3. The minimum atomic E-state index is -1.06. The van der Waals surface area contributed by atoms with Gasteiger partial charge in [-0.05, 0) is 36.4 Å². The molecular formula is C15H10FNO3. The molecule has 2 aromatic carbocycles. The fourth-order valence-electron chi connectivity index (χ4n) is 1.63. The van der Waals surface area contributed by atoms with E-state index in [2.05, 4.69) is 0 Å². The van der Waals surface area contributed by atoms with E-state index in [9.17, 15) is 9.18 Å². The normalized spacial score (nSPS) is 9.80. The van der Waals surface area contributed by atoms with E-state index in [1.54, 1.807) is 12.1 Å². The maximum atomic E-state index is 13.5. The van der Waals surface area contributed by atoms with Gasteiger partial charge >= 0.3 is 5.97 Å². The maximum Gasteiger partial charge on any atom is 0.335 e. The van der Waals surface area contributed by atoms with E-state index in [1.807, 2.05) is 6.07 Å². The fraction of sp³-hybridized carbons (Fsp3) is 0.0667. The second kappa shape index (κ2) is 5.85. The summed E-state index contributed by atoms with van der Waals surface area (Å²) in [5, 5.41) is 17.6. The fourth-order valence-corrected chi connectivity index (χ4v) is 1.63. The van der Waals surface area contributed by atoms with E-state index in [0.29, 0.717) is 11.3 Å². The smallest absolute Gasteiger partial charge is 0.335 e. The van der Waals surface area contributed by atoms with Crippen molar-refractivity contribution in [3.8, 4) is 11.8 Å². The number of hydrogen-bond acceptors (Lipinski definition) is 3. The Hall–Kier alpha value is -2.87. The molecule has 0 atom stereocenters. The highest BCUT2D eigenvalue weighted by Crippen LogP contribution is 2.17. The second-order valence-corrected chi connectivity index (χ2v) is 4.04. The lowest BCUT2D eigenvalue weighted by Gasteiger charge is -2.08. The van der Waals surface area contributed by atoms with Crippen LogP contribution in [0.5, 0.6) is 5.75 Å². The number of aromatic carboxylic acids is 1. The van der Waals surface area contributed by atoms with Crippen LogP contribution in [0.15, 0.2) is 42.5 Å². The Balaban J connectivity index is 2.15. The zero-order valence-electron chi connectivity index (χ0n) is 10.3. The van der Waals surface area contributed by atoms with Gasteiger partial charge in [-0.25, -0.2) is 9.18 Å². The Morgan fingerprint density at radius 2 is 2.10 bits per heavy atom. The molecule has 0 aliphatic heterocycles. The molecule has 0 saturated carbocycles. The molecule has 0 aliphatic rings. The highest BCUT2D eigenvalue weighted by Gasteiger charge is 2.07. The first-order valence-electron chi connectivity index (χ1n) is 5.75. The summed E-state index contributed by atoms with van der Waals surface area (Å²) in [5.74, 6) is -1.21. The molecule has 2 rings (SSSR count). The third-order valence-electron chi connectivity index (χ3n) is 2.65. The Morgan fingerprint density at radius 1 is 1.30 bits per heavy atom. The van der Waals surface area contributed by atoms with Crippen LogP contribution in [0.25, 0.3) is 0 Å². The van der Waals surface area contributed by atoms with E-state index in [1.165, 1.54) is 30.3 Å². The van der Waals surface area contributed by atoms with Gasteiger partial charge in [-0.3, -0.25) is 0 Å². The van der Waals surface area contributed by atoms with E-state index < -0.39 is 11.8 Å². The first-order chi connectivity index (χ1) is 9.60. The third kappa shape index (κ3) is 3.12. The largest absolute Gasteiger partial charge is 0.489 e. The van der Waals surface area contributed by atoms with E-state index in [4.69, 9.17) is 15.1 Å². The molecule has 0 fully saturated rings. The minimum Gasteiger partial charge on any atom is -0.489 e. The molecule has 0 amide bonds. The number of carboxylic acid groups (broad SMARTS) is 1. The number of carbonyl (C=O) groups is 1. The van der Waals surface area contributed by atoms with Crippen molar-refractivity contribution < 1.29 is 19.0 Å². The van der Waals surface area contributed by atoms with Crippen LogP contribution in [-0.2, 0) is 6.61 Å². The molecule has 0 spiro atoms. The van der Waals surface area contributed by atoms with Crippen molar-refractivity contribution in [2.24, 2.45) is 0 Å². The minimum absolute atomic E-state index is 0.0789. The van der Waals surface area contributed by atoms with Crippen LogP contribution in [0.2, 0.25) is 0 Å². The lowest BCUT2D eigenvalue weighted by atomic mass is 10.1. The van der Waals surface area contributed by atoms with Crippen molar-refractivity contribution in [1.29, 1.82) is 5.26 Å². The molecule has 0 aliphatic carbocycles. The number of hydrogen-bond donors (Lipinski definition) is 1. The van der Waals surface area contributed by atoms with Crippen LogP contribution in [0.1, 0.15) is 21.5 Å². The SMILES string of the molecule is N#Cc1ccc(F)c(COc2cccc(C(=O)O)c2)c1. The molecule has 2 aromatic rings. The van der Waals surface area contributed by atoms with Gasteiger partial charge in [0.1, 0.15) is 18.2 Å². The summed E-state index contributed by atoms with van der Waals surface area (Å²) in [4.78, 5) is 10.8.